The smallest absolute Gasteiger partial charge is 0.490 e. The number of phosphoric acid groups is 1. The summed E-state index contributed by atoms with van der Waals surface area (Å²) >= 11 is 0. The molecule has 1 aromatic heterocycles. The highest BCUT2D eigenvalue weighted by Crippen LogP contribution is 2.42. The van der Waals surface area contributed by atoms with Crippen molar-refractivity contribution in [3.63, 3.8) is 0 Å². The van der Waals surface area contributed by atoms with Crippen LogP contribution in [0.1, 0.15) is 82.5 Å². The normalized spacial score (nSPS) is 12.9. The zero-order chi connectivity index (χ0) is 28.0. The highest BCUT2D eigenvalue weighted by Gasteiger charge is 2.22. The summed E-state index contributed by atoms with van der Waals surface area (Å²) < 4.78 is 38.5. The van der Waals surface area contributed by atoms with Gasteiger partial charge in [0, 0.05) is 19.4 Å². The lowest BCUT2D eigenvalue weighted by Crippen LogP contribution is -2.21. The van der Waals surface area contributed by atoms with Gasteiger partial charge in [-0.1, -0.05) is 51.9 Å². The minimum absolute atomic E-state index is 0.0771. The molecule has 0 amide bonds. The lowest BCUT2D eigenvalue weighted by Gasteiger charge is -2.17. The van der Waals surface area contributed by atoms with Gasteiger partial charge >= 0.3 is 13.8 Å². The molecule has 0 aliphatic rings. The fourth-order valence-electron chi connectivity index (χ4n) is 3.84. The van der Waals surface area contributed by atoms with Crippen molar-refractivity contribution in [2.24, 2.45) is 0 Å². The molecule has 0 spiro atoms. The summed E-state index contributed by atoms with van der Waals surface area (Å²) in [6, 6.07) is 3.12. The van der Waals surface area contributed by atoms with Crippen molar-refractivity contribution >= 4 is 24.7 Å². The Balaban J connectivity index is 2.30. The van der Waals surface area contributed by atoms with Crippen LogP contribution in [-0.2, 0) is 30.1 Å². The van der Waals surface area contributed by atoms with Crippen LogP contribution in [0, 0.1) is 0 Å². The number of benzene rings is 1. The van der Waals surface area contributed by atoms with Gasteiger partial charge in [-0.2, -0.15) is 0 Å². The van der Waals surface area contributed by atoms with Gasteiger partial charge in [-0.05, 0) is 26.3 Å². The third-order valence-corrected chi connectivity index (χ3v) is 6.52. The number of nitrogens with zero attached hydrogens (tertiary/aromatic N) is 1. The van der Waals surface area contributed by atoms with Gasteiger partial charge in [-0.3, -0.25) is 9.32 Å². The second kappa shape index (κ2) is 16.5. The monoisotopic (exact) mass is 557 g/mol. The molecular formula is C26H40NO10P. The van der Waals surface area contributed by atoms with Crippen LogP contribution in [0.5, 0.6) is 11.5 Å². The van der Waals surface area contributed by atoms with E-state index in [-0.39, 0.29) is 17.6 Å². The Bertz CT molecular complexity index is 1130. The molecule has 1 atom stereocenters. The number of pyridine rings is 1. The second-order valence-corrected chi connectivity index (χ2v) is 10.1. The average Bonchev–Trinajstić information content (AvgIpc) is 2.89. The Morgan fingerprint density at radius 1 is 0.947 bits per heavy atom. The van der Waals surface area contributed by atoms with Gasteiger partial charge in [-0.25, -0.2) is 14.2 Å². The van der Waals surface area contributed by atoms with Crippen LogP contribution < -0.4 is 14.9 Å². The van der Waals surface area contributed by atoms with Crippen LogP contribution in [0.15, 0.2) is 23.1 Å². The molecule has 11 nitrogen and oxygen atoms in total. The van der Waals surface area contributed by atoms with E-state index >= 15 is 0 Å². The van der Waals surface area contributed by atoms with Crippen molar-refractivity contribution in [1.82, 2.24) is 4.57 Å². The standard InChI is InChI=1S/C26H40NO10P/c1-5-8-9-10-11-12-13-14-15-35-23-16-20-22(17-24(23)33-6-2)27(19-36-37-38(30,31)32-4)18-21(25(20)28)26(29)34-7-3/h16-18H,5-15,19H2,1-4H3,(H,30,31). The third-order valence-electron chi connectivity index (χ3n) is 5.77. The van der Waals surface area contributed by atoms with Crippen molar-refractivity contribution in [3.05, 3.63) is 34.1 Å². The Morgan fingerprint density at radius 2 is 1.61 bits per heavy atom. The van der Waals surface area contributed by atoms with E-state index in [2.05, 4.69) is 16.1 Å². The average molecular weight is 558 g/mol. The quantitative estimate of drug-likeness (QED) is 0.0749. The number of hydrogen-bond donors (Lipinski definition) is 1. The molecule has 0 aliphatic heterocycles. The summed E-state index contributed by atoms with van der Waals surface area (Å²) in [6.45, 7) is 6.09. The molecular weight excluding hydrogens is 517 g/mol. The van der Waals surface area contributed by atoms with E-state index in [4.69, 9.17) is 19.1 Å². The first kappa shape index (κ1) is 31.8. The molecule has 1 N–H and O–H groups in total. The van der Waals surface area contributed by atoms with Gasteiger partial charge in [0.25, 0.3) is 0 Å². The number of carbonyl (C=O) groups is 1. The number of ether oxygens (including phenoxy) is 3. The number of phosphoric ester groups is 1. The lowest BCUT2D eigenvalue weighted by atomic mass is 10.1. The molecule has 0 radical (unpaired) electrons. The molecule has 0 bridgehead atoms. The van der Waals surface area contributed by atoms with Crippen molar-refractivity contribution < 1.29 is 42.5 Å². The van der Waals surface area contributed by atoms with Gasteiger partial charge in [0.05, 0.1) is 30.7 Å². The van der Waals surface area contributed by atoms with E-state index in [1.807, 2.05) is 6.92 Å². The number of hydrogen-bond acceptors (Lipinski definition) is 9. The van der Waals surface area contributed by atoms with E-state index in [1.54, 1.807) is 13.0 Å². The van der Waals surface area contributed by atoms with Crippen LogP contribution in [0.2, 0.25) is 0 Å². The number of esters is 1. The molecule has 2 rings (SSSR count). The van der Waals surface area contributed by atoms with Crippen LogP contribution in [0.4, 0.5) is 0 Å². The number of fused-ring (bicyclic) bond motifs is 1. The molecule has 2 aromatic rings. The summed E-state index contributed by atoms with van der Waals surface area (Å²) in [6.07, 6.45) is 10.5. The largest absolute Gasteiger partial charge is 0.499 e. The lowest BCUT2D eigenvalue weighted by molar-refractivity contribution is -0.248. The van der Waals surface area contributed by atoms with Crippen LogP contribution in [0.3, 0.4) is 0 Å². The van der Waals surface area contributed by atoms with Gasteiger partial charge in [-0.15, -0.1) is 4.67 Å². The molecule has 12 heteroatoms. The number of unbranched alkanes of at least 4 members (excludes halogenated alkanes) is 7. The van der Waals surface area contributed by atoms with E-state index in [9.17, 15) is 19.0 Å². The maximum Gasteiger partial charge on any atom is 0.499 e. The van der Waals surface area contributed by atoms with Crippen molar-refractivity contribution in [2.45, 2.75) is 78.9 Å². The zero-order valence-electron chi connectivity index (χ0n) is 22.7. The molecule has 0 fully saturated rings. The van der Waals surface area contributed by atoms with E-state index in [0.29, 0.717) is 30.2 Å². The summed E-state index contributed by atoms with van der Waals surface area (Å²) in [4.78, 5) is 40.0. The number of rotatable bonds is 19. The van der Waals surface area contributed by atoms with Crippen LogP contribution in [0.25, 0.3) is 10.9 Å². The fourth-order valence-corrected chi connectivity index (χ4v) is 4.08. The van der Waals surface area contributed by atoms with E-state index in [1.165, 1.54) is 48.9 Å². The molecule has 0 aliphatic carbocycles. The van der Waals surface area contributed by atoms with E-state index in [0.717, 1.165) is 26.4 Å². The minimum atomic E-state index is -4.41. The molecule has 1 heterocycles. The van der Waals surface area contributed by atoms with Gasteiger partial charge < -0.3 is 23.7 Å². The Hall–Kier alpha value is -2.43. The molecule has 0 saturated heterocycles. The molecule has 1 aromatic carbocycles. The number of carbonyl (C=O) groups excluding carboxylic acids is 1. The Kier molecular flexibility index (Phi) is 13.8. The summed E-state index contributed by atoms with van der Waals surface area (Å²) in [7, 11) is -3.42. The maximum absolute atomic E-state index is 13.2. The van der Waals surface area contributed by atoms with E-state index < -0.39 is 26.0 Å². The Morgan fingerprint density at radius 3 is 2.24 bits per heavy atom. The molecule has 1 unspecified atom stereocenters. The summed E-state index contributed by atoms with van der Waals surface area (Å²) in [5, 5.41) is 0.160. The summed E-state index contributed by atoms with van der Waals surface area (Å²) in [5.41, 5.74) is -0.458. The predicted octanol–water partition coefficient (Wildman–Crippen LogP) is 5.75. The zero-order valence-corrected chi connectivity index (χ0v) is 23.6. The highest BCUT2D eigenvalue weighted by molar-refractivity contribution is 7.47. The first-order valence-electron chi connectivity index (χ1n) is 13.1. The number of aromatic nitrogens is 1. The highest BCUT2D eigenvalue weighted by atomic mass is 31.2. The van der Waals surface area contributed by atoms with Crippen molar-refractivity contribution in [3.8, 4) is 11.5 Å². The first-order chi connectivity index (χ1) is 18.3. The van der Waals surface area contributed by atoms with Crippen molar-refractivity contribution in [1.29, 1.82) is 0 Å². The summed E-state index contributed by atoms with van der Waals surface area (Å²) in [5.74, 6) is -0.0281. The molecule has 214 valence electrons. The molecule has 0 saturated carbocycles. The van der Waals surface area contributed by atoms with Crippen molar-refractivity contribution in [2.75, 3.05) is 26.9 Å². The first-order valence-corrected chi connectivity index (χ1v) is 14.6. The van der Waals surface area contributed by atoms with Gasteiger partial charge in [0.2, 0.25) is 5.43 Å². The fraction of sp³-hybridized carbons (Fsp3) is 0.615. The van der Waals surface area contributed by atoms with Crippen LogP contribution >= 0.6 is 7.82 Å². The SMILES string of the molecule is CCCCCCCCCCOc1cc2c(=O)c(C(=O)OCC)cn(COOP(=O)(O)OC)c2cc1OCC. The Labute approximate surface area is 223 Å². The molecule has 38 heavy (non-hydrogen) atoms. The van der Waals surface area contributed by atoms with Gasteiger partial charge in [0.15, 0.2) is 18.2 Å². The third kappa shape index (κ3) is 9.71. The van der Waals surface area contributed by atoms with Crippen LogP contribution in [-0.4, -0.2) is 42.4 Å². The topological polar surface area (TPSA) is 132 Å². The minimum Gasteiger partial charge on any atom is -0.490 e. The predicted molar refractivity (Wildman–Crippen MR) is 142 cm³/mol. The van der Waals surface area contributed by atoms with Gasteiger partial charge in [0.1, 0.15) is 5.56 Å². The second-order valence-electron chi connectivity index (χ2n) is 8.61. The maximum atomic E-state index is 13.2.